The summed E-state index contributed by atoms with van der Waals surface area (Å²) >= 11 is 0. The minimum atomic E-state index is -0.176. The summed E-state index contributed by atoms with van der Waals surface area (Å²) < 4.78 is 0. The molecule has 0 aromatic rings. The minimum absolute atomic E-state index is 0.0718. The molecule has 4 nitrogen and oxygen atoms in total. The topological polar surface area (TPSA) is 58.2 Å². The Morgan fingerprint density at radius 3 is 2.50 bits per heavy atom. The van der Waals surface area contributed by atoms with Crippen LogP contribution in [0, 0.1) is 0 Å². The van der Waals surface area contributed by atoms with Crippen LogP contribution in [0.1, 0.15) is 26.2 Å². The molecule has 0 rings (SSSR count). The quantitative estimate of drug-likeness (QED) is 0.465. The smallest absolute Gasteiger partial charge is 0.243 e. The SMILES string of the molecule is C=CC(=O)NCCCNC(=O)CCC. The molecule has 80 valence electrons. The highest BCUT2D eigenvalue weighted by Gasteiger charge is 1.97. The Bertz CT molecular complexity index is 202. The van der Waals surface area contributed by atoms with Gasteiger partial charge in [0.2, 0.25) is 11.8 Å². The summed E-state index contributed by atoms with van der Waals surface area (Å²) in [6.07, 6.45) is 3.41. The van der Waals surface area contributed by atoms with Crippen LogP contribution in [0.25, 0.3) is 0 Å². The molecular formula is C10H18N2O2. The second-order valence-electron chi connectivity index (χ2n) is 2.95. The Morgan fingerprint density at radius 1 is 1.29 bits per heavy atom. The maximum atomic E-state index is 11.0. The van der Waals surface area contributed by atoms with Crippen LogP contribution in [0.5, 0.6) is 0 Å². The molecule has 0 heterocycles. The molecule has 14 heavy (non-hydrogen) atoms. The zero-order chi connectivity index (χ0) is 10.8. The van der Waals surface area contributed by atoms with Gasteiger partial charge in [-0.05, 0) is 18.9 Å². The van der Waals surface area contributed by atoms with Crippen molar-refractivity contribution in [3.8, 4) is 0 Å². The van der Waals surface area contributed by atoms with Crippen molar-refractivity contribution in [3.05, 3.63) is 12.7 Å². The third-order valence-electron chi connectivity index (χ3n) is 1.64. The van der Waals surface area contributed by atoms with E-state index in [0.717, 1.165) is 12.8 Å². The zero-order valence-electron chi connectivity index (χ0n) is 8.64. The van der Waals surface area contributed by atoms with Gasteiger partial charge in [0.15, 0.2) is 0 Å². The summed E-state index contributed by atoms with van der Waals surface area (Å²) in [6.45, 7) is 6.47. The number of hydrogen-bond acceptors (Lipinski definition) is 2. The third kappa shape index (κ3) is 7.34. The Hall–Kier alpha value is -1.32. The highest BCUT2D eigenvalue weighted by atomic mass is 16.2. The van der Waals surface area contributed by atoms with Crippen LogP contribution in [0.4, 0.5) is 0 Å². The van der Waals surface area contributed by atoms with Gasteiger partial charge >= 0.3 is 0 Å². The van der Waals surface area contributed by atoms with Crippen LogP contribution in [-0.4, -0.2) is 24.9 Å². The molecule has 0 unspecified atom stereocenters. The molecule has 2 N–H and O–H groups in total. The summed E-state index contributed by atoms with van der Waals surface area (Å²) in [5, 5.41) is 5.39. The maximum Gasteiger partial charge on any atom is 0.243 e. The first-order valence-electron chi connectivity index (χ1n) is 4.87. The zero-order valence-corrected chi connectivity index (χ0v) is 8.64. The normalized spacial score (nSPS) is 9.21. The van der Waals surface area contributed by atoms with Crippen molar-refractivity contribution in [2.45, 2.75) is 26.2 Å². The Morgan fingerprint density at radius 2 is 1.93 bits per heavy atom. The lowest BCUT2D eigenvalue weighted by atomic mass is 10.3. The summed E-state index contributed by atoms with van der Waals surface area (Å²) in [4.78, 5) is 21.7. The molecule has 0 aromatic carbocycles. The molecule has 4 heteroatoms. The first kappa shape index (κ1) is 12.7. The van der Waals surface area contributed by atoms with Gasteiger partial charge in [-0.2, -0.15) is 0 Å². The van der Waals surface area contributed by atoms with E-state index in [0.29, 0.717) is 19.5 Å². The van der Waals surface area contributed by atoms with E-state index in [2.05, 4.69) is 17.2 Å². The summed E-state index contributed by atoms with van der Waals surface area (Å²) in [6, 6.07) is 0. The van der Waals surface area contributed by atoms with Crippen molar-refractivity contribution in [2.75, 3.05) is 13.1 Å². The first-order valence-corrected chi connectivity index (χ1v) is 4.87. The van der Waals surface area contributed by atoms with E-state index in [4.69, 9.17) is 0 Å². The molecule has 0 atom stereocenters. The van der Waals surface area contributed by atoms with Crippen LogP contribution in [0.3, 0.4) is 0 Å². The molecule has 0 fully saturated rings. The fourth-order valence-electron chi connectivity index (χ4n) is 0.915. The largest absolute Gasteiger partial charge is 0.356 e. The fraction of sp³-hybridized carbons (Fsp3) is 0.600. The lowest BCUT2D eigenvalue weighted by Crippen LogP contribution is -2.28. The predicted molar refractivity (Wildman–Crippen MR) is 55.7 cm³/mol. The van der Waals surface area contributed by atoms with E-state index in [1.165, 1.54) is 6.08 Å². The summed E-state index contributed by atoms with van der Waals surface area (Å²) in [5.41, 5.74) is 0. The van der Waals surface area contributed by atoms with Crippen molar-refractivity contribution in [1.82, 2.24) is 10.6 Å². The highest BCUT2D eigenvalue weighted by molar-refractivity contribution is 5.86. The Kier molecular flexibility index (Phi) is 7.50. The predicted octanol–water partition coefficient (Wildman–Crippen LogP) is 0.595. The van der Waals surface area contributed by atoms with E-state index < -0.39 is 0 Å². The summed E-state index contributed by atoms with van der Waals surface area (Å²) in [5.74, 6) is -0.104. The van der Waals surface area contributed by atoms with Crippen molar-refractivity contribution in [2.24, 2.45) is 0 Å². The number of nitrogens with one attached hydrogen (secondary N) is 2. The molecule has 0 radical (unpaired) electrons. The third-order valence-corrected chi connectivity index (χ3v) is 1.64. The number of rotatable bonds is 7. The molecular weight excluding hydrogens is 180 g/mol. The Balaban J connectivity index is 3.25. The van der Waals surface area contributed by atoms with Gasteiger partial charge in [-0.3, -0.25) is 9.59 Å². The first-order chi connectivity index (χ1) is 6.70. The van der Waals surface area contributed by atoms with Gasteiger partial charge in [0.25, 0.3) is 0 Å². The summed E-state index contributed by atoms with van der Waals surface area (Å²) in [7, 11) is 0. The fourth-order valence-corrected chi connectivity index (χ4v) is 0.915. The van der Waals surface area contributed by atoms with Gasteiger partial charge in [0.1, 0.15) is 0 Å². The van der Waals surface area contributed by atoms with Gasteiger partial charge in [-0.15, -0.1) is 0 Å². The van der Waals surface area contributed by atoms with Crippen LogP contribution >= 0.6 is 0 Å². The second-order valence-corrected chi connectivity index (χ2v) is 2.95. The average molecular weight is 198 g/mol. The lowest BCUT2D eigenvalue weighted by Gasteiger charge is -2.04. The van der Waals surface area contributed by atoms with Gasteiger partial charge in [0, 0.05) is 19.5 Å². The van der Waals surface area contributed by atoms with Crippen molar-refractivity contribution in [1.29, 1.82) is 0 Å². The molecule has 0 aliphatic heterocycles. The van der Waals surface area contributed by atoms with E-state index >= 15 is 0 Å². The average Bonchev–Trinajstić information content (AvgIpc) is 2.17. The van der Waals surface area contributed by atoms with Crippen LogP contribution in [-0.2, 0) is 9.59 Å². The highest BCUT2D eigenvalue weighted by Crippen LogP contribution is 1.85. The second kappa shape index (κ2) is 8.29. The number of carbonyl (C=O) groups excluding carboxylic acids is 2. The van der Waals surface area contributed by atoms with E-state index in [1.807, 2.05) is 6.92 Å². The lowest BCUT2D eigenvalue weighted by molar-refractivity contribution is -0.121. The minimum Gasteiger partial charge on any atom is -0.356 e. The van der Waals surface area contributed by atoms with Gasteiger partial charge in [-0.25, -0.2) is 0 Å². The molecule has 0 aromatic heterocycles. The monoisotopic (exact) mass is 198 g/mol. The van der Waals surface area contributed by atoms with Crippen LogP contribution in [0.2, 0.25) is 0 Å². The van der Waals surface area contributed by atoms with Crippen molar-refractivity contribution < 1.29 is 9.59 Å². The van der Waals surface area contributed by atoms with E-state index in [1.54, 1.807) is 0 Å². The van der Waals surface area contributed by atoms with Crippen LogP contribution in [0.15, 0.2) is 12.7 Å². The molecule has 0 saturated carbocycles. The van der Waals surface area contributed by atoms with Gasteiger partial charge in [-0.1, -0.05) is 13.5 Å². The number of hydrogen-bond donors (Lipinski definition) is 2. The van der Waals surface area contributed by atoms with Gasteiger partial charge in [0.05, 0.1) is 0 Å². The standard InChI is InChI=1S/C10H18N2O2/c1-3-6-10(14)12-8-5-7-11-9(13)4-2/h4H,2-3,5-8H2,1H3,(H,11,13)(H,12,14). The van der Waals surface area contributed by atoms with Gasteiger partial charge < -0.3 is 10.6 Å². The van der Waals surface area contributed by atoms with E-state index in [-0.39, 0.29) is 11.8 Å². The molecule has 0 aliphatic carbocycles. The number of carbonyl (C=O) groups is 2. The number of amides is 2. The molecule has 0 saturated heterocycles. The maximum absolute atomic E-state index is 11.0. The molecule has 0 bridgehead atoms. The van der Waals surface area contributed by atoms with Crippen molar-refractivity contribution in [3.63, 3.8) is 0 Å². The Labute approximate surface area is 84.8 Å². The molecule has 0 spiro atoms. The molecule has 2 amide bonds. The van der Waals surface area contributed by atoms with Crippen LogP contribution < -0.4 is 10.6 Å². The van der Waals surface area contributed by atoms with E-state index in [9.17, 15) is 9.59 Å². The van der Waals surface area contributed by atoms with Crippen molar-refractivity contribution >= 4 is 11.8 Å². The molecule has 0 aliphatic rings.